The number of nitrogens with zero attached hydrogens (tertiary/aromatic N) is 7. The topological polar surface area (TPSA) is 91.4 Å². The van der Waals surface area contributed by atoms with Gasteiger partial charge < -0.3 is 4.57 Å². The van der Waals surface area contributed by atoms with Gasteiger partial charge in [0.1, 0.15) is 17.5 Å². The predicted octanol–water partition coefficient (Wildman–Crippen LogP) is 3.03. The van der Waals surface area contributed by atoms with E-state index in [1.54, 1.807) is 4.68 Å². The fraction of sp³-hybridized carbons (Fsp3) is 0.333. The van der Waals surface area contributed by atoms with Crippen molar-refractivity contribution in [3.05, 3.63) is 59.3 Å². The van der Waals surface area contributed by atoms with Gasteiger partial charge in [-0.05, 0) is 32.4 Å². The fourth-order valence-electron chi connectivity index (χ4n) is 3.95. The van der Waals surface area contributed by atoms with E-state index in [1.165, 1.54) is 6.92 Å². The van der Waals surface area contributed by atoms with Gasteiger partial charge in [0, 0.05) is 31.9 Å². The lowest BCUT2D eigenvalue weighted by Gasteiger charge is -2.08. The van der Waals surface area contributed by atoms with Gasteiger partial charge in [-0.15, -0.1) is 5.10 Å². The quantitative estimate of drug-likeness (QED) is 0.500. The lowest BCUT2D eigenvalue weighted by atomic mass is 10.2. The smallest absolute Gasteiger partial charge is 0.197 e. The van der Waals surface area contributed by atoms with Crippen molar-refractivity contribution in [2.45, 2.75) is 39.0 Å². The molecule has 0 spiro atoms. The fourth-order valence-corrected chi connectivity index (χ4v) is 3.95. The summed E-state index contributed by atoms with van der Waals surface area (Å²) in [5.41, 5.74) is 2.97. The minimum atomic E-state index is -0.164. The van der Waals surface area contributed by atoms with Crippen LogP contribution < -0.4 is 0 Å². The van der Waals surface area contributed by atoms with Crippen molar-refractivity contribution in [2.75, 3.05) is 0 Å². The van der Waals surface area contributed by atoms with Gasteiger partial charge in [0.25, 0.3) is 0 Å². The Morgan fingerprint density at radius 1 is 1.07 bits per heavy atom. The van der Waals surface area contributed by atoms with Crippen LogP contribution in [0.2, 0.25) is 0 Å². The molecule has 3 heterocycles. The lowest BCUT2D eigenvalue weighted by molar-refractivity contribution is 0.100. The summed E-state index contributed by atoms with van der Waals surface area (Å²) in [4.78, 5) is 30.2. The standard InChI is InChI=1S/C21H21N7O/c1-11(29)20-23-17(10-19(25-20)28-13(3)22-12(2)26-28)14-9-15(14)21-24-16-7-5-6-8-18(16)27(21)4/h5-8,10,14-15H,9H2,1-4H3/t14?,15-/m0/s1. The van der Waals surface area contributed by atoms with Crippen LogP contribution in [0.15, 0.2) is 30.3 Å². The van der Waals surface area contributed by atoms with Crippen molar-refractivity contribution in [1.82, 2.24) is 34.3 Å². The third-order valence-corrected chi connectivity index (χ3v) is 5.46. The normalized spacial score (nSPS) is 18.3. The Morgan fingerprint density at radius 2 is 1.86 bits per heavy atom. The molecule has 1 saturated carbocycles. The first kappa shape index (κ1) is 17.7. The summed E-state index contributed by atoms with van der Waals surface area (Å²) in [5, 5.41) is 4.41. The number of para-hydroxylation sites is 2. The van der Waals surface area contributed by atoms with E-state index < -0.39 is 0 Å². The number of Topliss-reactive ketones (excluding diaryl/α,β-unsaturated/α-hetero) is 1. The number of ketones is 1. The maximum atomic E-state index is 12.1. The third-order valence-electron chi connectivity index (χ3n) is 5.46. The molecular formula is C21H21N7O. The molecule has 1 aliphatic rings. The average molecular weight is 387 g/mol. The zero-order chi connectivity index (χ0) is 20.3. The molecule has 1 aliphatic carbocycles. The summed E-state index contributed by atoms with van der Waals surface area (Å²) in [6.45, 7) is 5.19. The number of fused-ring (bicyclic) bond motifs is 1. The van der Waals surface area contributed by atoms with E-state index in [9.17, 15) is 4.79 Å². The number of rotatable bonds is 4. The number of aryl methyl sites for hydroxylation is 3. The molecule has 5 rings (SSSR count). The summed E-state index contributed by atoms with van der Waals surface area (Å²) in [6, 6.07) is 10.1. The molecule has 1 unspecified atom stereocenters. The zero-order valence-corrected chi connectivity index (χ0v) is 16.8. The monoisotopic (exact) mass is 387 g/mol. The molecule has 0 radical (unpaired) electrons. The number of imidazole rings is 1. The molecule has 0 N–H and O–H groups in total. The molecule has 1 aromatic carbocycles. The molecule has 3 aromatic heterocycles. The van der Waals surface area contributed by atoms with E-state index in [0.29, 0.717) is 11.6 Å². The molecule has 146 valence electrons. The number of carbonyl (C=O) groups excluding carboxylic acids is 1. The molecule has 29 heavy (non-hydrogen) atoms. The van der Waals surface area contributed by atoms with Crippen molar-refractivity contribution in [3.63, 3.8) is 0 Å². The van der Waals surface area contributed by atoms with Crippen molar-refractivity contribution < 1.29 is 4.79 Å². The molecule has 4 aromatic rings. The van der Waals surface area contributed by atoms with Crippen LogP contribution in [0.5, 0.6) is 0 Å². The van der Waals surface area contributed by atoms with Crippen LogP contribution in [-0.4, -0.2) is 40.1 Å². The molecule has 0 aliphatic heterocycles. The second-order valence-corrected chi connectivity index (χ2v) is 7.62. The molecule has 1 fully saturated rings. The summed E-state index contributed by atoms with van der Waals surface area (Å²) < 4.78 is 3.82. The van der Waals surface area contributed by atoms with Crippen molar-refractivity contribution in [2.24, 2.45) is 7.05 Å². The SMILES string of the molecule is CC(=O)c1nc(C2C[C@@H]2c2nc3ccccc3n2C)cc(-n2nc(C)nc2C)n1. The highest BCUT2D eigenvalue weighted by Crippen LogP contribution is 2.54. The van der Waals surface area contributed by atoms with Gasteiger partial charge in [0.05, 0.1) is 16.7 Å². The molecule has 0 bridgehead atoms. The summed E-state index contributed by atoms with van der Waals surface area (Å²) in [5.74, 6) is 3.54. The first-order valence-electron chi connectivity index (χ1n) is 9.64. The Balaban J connectivity index is 1.55. The van der Waals surface area contributed by atoms with Crippen LogP contribution >= 0.6 is 0 Å². The third kappa shape index (κ3) is 2.91. The van der Waals surface area contributed by atoms with Gasteiger partial charge in [-0.1, -0.05) is 12.1 Å². The maximum Gasteiger partial charge on any atom is 0.197 e. The van der Waals surface area contributed by atoms with Crippen LogP contribution in [0.25, 0.3) is 16.9 Å². The van der Waals surface area contributed by atoms with E-state index in [1.807, 2.05) is 45.2 Å². The Bertz CT molecular complexity index is 1270. The molecule has 0 saturated heterocycles. The Morgan fingerprint density at radius 3 is 2.55 bits per heavy atom. The first-order valence-corrected chi connectivity index (χ1v) is 9.64. The molecule has 8 heteroatoms. The highest BCUT2D eigenvalue weighted by atomic mass is 16.1. The van der Waals surface area contributed by atoms with Gasteiger partial charge in [-0.3, -0.25) is 4.79 Å². The van der Waals surface area contributed by atoms with Gasteiger partial charge in [-0.25, -0.2) is 19.9 Å². The maximum absolute atomic E-state index is 12.1. The summed E-state index contributed by atoms with van der Waals surface area (Å²) in [7, 11) is 2.05. The van der Waals surface area contributed by atoms with Gasteiger partial charge in [-0.2, -0.15) is 4.68 Å². The number of carbonyl (C=O) groups is 1. The second-order valence-electron chi connectivity index (χ2n) is 7.62. The largest absolute Gasteiger partial charge is 0.331 e. The number of benzene rings is 1. The van der Waals surface area contributed by atoms with Crippen LogP contribution in [0.3, 0.4) is 0 Å². The summed E-state index contributed by atoms with van der Waals surface area (Å²) >= 11 is 0. The predicted molar refractivity (Wildman–Crippen MR) is 107 cm³/mol. The zero-order valence-electron chi connectivity index (χ0n) is 16.8. The van der Waals surface area contributed by atoms with E-state index in [0.717, 1.165) is 34.8 Å². The highest BCUT2D eigenvalue weighted by molar-refractivity contribution is 5.90. The first-order chi connectivity index (χ1) is 13.9. The van der Waals surface area contributed by atoms with Gasteiger partial charge in [0.15, 0.2) is 17.4 Å². The van der Waals surface area contributed by atoms with E-state index in [4.69, 9.17) is 4.98 Å². The molecule has 2 atom stereocenters. The molecular weight excluding hydrogens is 366 g/mol. The highest BCUT2D eigenvalue weighted by Gasteiger charge is 2.44. The van der Waals surface area contributed by atoms with Crippen molar-refractivity contribution in [1.29, 1.82) is 0 Å². The lowest BCUT2D eigenvalue weighted by Crippen LogP contribution is -2.11. The van der Waals surface area contributed by atoms with E-state index in [-0.39, 0.29) is 23.4 Å². The van der Waals surface area contributed by atoms with Crippen molar-refractivity contribution >= 4 is 16.8 Å². The summed E-state index contributed by atoms with van der Waals surface area (Å²) in [6.07, 6.45) is 0.945. The van der Waals surface area contributed by atoms with Crippen LogP contribution in [0.1, 0.15) is 59.0 Å². The minimum Gasteiger partial charge on any atom is -0.331 e. The van der Waals surface area contributed by atoms with Crippen LogP contribution in [-0.2, 0) is 7.05 Å². The van der Waals surface area contributed by atoms with Crippen LogP contribution in [0.4, 0.5) is 0 Å². The van der Waals surface area contributed by atoms with Gasteiger partial charge in [0.2, 0.25) is 0 Å². The minimum absolute atomic E-state index is 0.164. The van der Waals surface area contributed by atoms with E-state index in [2.05, 4.69) is 30.7 Å². The number of hydrogen-bond donors (Lipinski definition) is 0. The Labute approximate surface area is 167 Å². The number of hydrogen-bond acceptors (Lipinski definition) is 6. The van der Waals surface area contributed by atoms with Crippen LogP contribution in [0, 0.1) is 13.8 Å². The Kier molecular flexibility index (Phi) is 3.84. The number of aromatic nitrogens is 7. The van der Waals surface area contributed by atoms with Gasteiger partial charge >= 0.3 is 0 Å². The van der Waals surface area contributed by atoms with Crippen molar-refractivity contribution in [3.8, 4) is 5.82 Å². The molecule has 8 nitrogen and oxygen atoms in total. The molecule has 0 amide bonds. The Hall–Kier alpha value is -3.42. The average Bonchev–Trinajstić information content (AvgIpc) is 3.33. The van der Waals surface area contributed by atoms with E-state index >= 15 is 0 Å². The second kappa shape index (κ2) is 6.30.